The highest BCUT2D eigenvalue weighted by molar-refractivity contribution is 7.13. The minimum absolute atomic E-state index is 0.0524. The van der Waals surface area contributed by atoms with E-state index in [0.717, 1.165) is 31.6 Å². The van der Waals surface area contributed by atoms with Gasteiger partial charge in [-0.25, -0.2) is 4.98 Å². The zero-order valence-corrected chi connectivity index (χ0v) is 13.2. The largest absolute Gasteiger partial charge is 0.366 e. The van der Waals surface area contributed by atoms with Gasteiger partial charge in [0.1, 0.15) is 5.01 Å². The number of hydrogen-bond acceptors (Lipinski definition) is 4. The molecule has 0 unspecified atom stereocenters. The van der Waals surface area contributed by atoms with E-state index in [1.54, 1.807) is 18.2 Å². The zero-order valence-electron chi connectivity index (χ0n) is 12.3. The van der Waals surface area contributed by atoms with Crippen LogP contribution in [0.4, 0.5) is 0 Å². The molecule has 1 aliphatic rings. The van der Waals surface area contributed by atoms with Crippen LogP contribution in [0.5, 0.6) is 0 Å². The van der Waals surface area contributed by atoms with Gasteiger partial charge in [0.2, 0.25) is 5.91 Å². The van der Waals surface area contributed by atoms with Crippen molar-refractivity contribution in [2.75, 3.05) is 13.1 Å². The number of carbonyl (C=O) groups is 2. The van der Waals surface area contributed by atoms with Crippen LogP contribution in [0.25, 0.3) is 10.6 Å². The minimum Gasteiger partial charge on any atom is -0.366 e. The highest BCUT2D eigenvalue weighted by Crippen LogP contribution is 2.31. The first-order valence-electron chi connectivity index (χ1n) is 7.22. The van der Waals surface area contributed by atoms with Gasteiger partial charge in [0.05, 0.1) is 11.1 Å². The van der Waals surface area contributed by atoms with E-state index in [1.165, 1.54) is 11.3 Å². The normalized spacial score (nSPS) is 14.3. The molecule has 0 atom stereocenters. The van der Waals surface area contributed by atoms with Gasteiger partial charge in [0, 0.05) is 29.7 Å². The van der Waals surface area contributed by atoms with Gasteiger partial charge in [-0.15, -0.1) is 11.3 Å². The Balaban J connectivity index is 2.15. The van der Waals surface area contributed by atoms with Gasteiger partial charge >= 0.3 is 0 Å². The lowest BCUT2D eigenvalue weighted by atomic mass is 9.99. The second-order valence-corrected chi connectivity index (χ2v) is 6.24. The van der Waals surface area contributed by atoms with E-state index in [-0.39, 0.29) is 5.91 Å². The number of aryl methyl sites for hydroxylation is 1. The predicted octanol–water partition coefficient (Wildman–Crippen LogP) is 2.45. The Kier molecular flexibility index (Phi) is 3.94. The van der Waals surface area contributed by atoms with Crippen LogP contribution in [0, 0.1) is 6.92 Å². The van der Waals surface area contributed by atoms with Crippen LogP contribution in [0.2, 0.25) is 0 Å². The average Bonchev–Trinajstić information content (AvgIpc) is 3.17. The molecule has 2 heterocycles. The number of amides is 2. The number of benzene rings is 1. The Morgan fingerprint density at radius 1 is 1.23 bits per heavy atom. The predicted molar refractivity (Wildman–Crippen MR) is 85.9 cm³/mol. The first kappa shape index (κ1) is 14.7. The Labute approximate surface area is 132 Å². The maximum Gasteiger partial charge on any atom is 0.254 e. The van der Waals surface area contributed by atoms with Gasteiger partial charge in [-0.1, -0.05) is 6.07 Å². The fraction of sp³-hybridized carbons (Fsp3) is 0.312. The van der Waals surface area contributed by atoms with Crippen molar-refractivity contribution in [3.63, 3.8) is 0 Å². The zero-order chi connectivity index (χ0) is 15.7. The van der Waals surface area contributed by atoms with Crippen LogP contribution in [-0.2, 0) is 0 Å². The SMILES string of the molecule is Cc1csc(-c2c(C(N)=O)cccc2C(=O)N2CCCC2)n1. The molecule has 0 saturated carbocycles. The Bertz CT molecular complexity index is 733. The smallest absolute Gasteiger partial charge is 0.254 e. The summed E-state index contributed by atoms with van der Waals surface area (Å²) in [7, 11) is 0. The van der Waals surface area contributed by atoms with E-state index in [9.17, 15) is 9.59 Å². The Hall–Kier alpha value is -2.21. The van der Waals surface area contributed by atoms with Gasteiger partial charge < -0.3 is 10.6 Å². The van der Waals surface area contributed by atoms with Gasteiger partial charge in [-0.3, -0.25) is 9.59 Å². The quantitative estimate of drug-likeness (QED) is 0.945. The molecule has 0 spiro atoms. The van der Waals surface area contributed by atoms with Crippen LogP contribution in [0.15, 0.2) is 23.6 Å². The van der Waals surface area contributed by atoms with Crippen LogP contribution < -0.4 is 5.73 Å². The van der Waals surface area contributed by atoms with Crippen molar-refractivity contribution in [2.45, 2.75) is 19.8 Å². The van der Waals surface area contributed by atoms with Crippen molar-refractivity contribution in [1.29, 1.82) is 0 Å². The molecule has 114 valence electrons. The van der Waals surface area contributed by atoms with Crippen molar-refractivity contribution >= 4 is 23.2 Å². The molecular weight excluding hydrogens is 298 g/mol. The third-order valence-corrected chi connectivity index (χ3v) is 4.76. The summed E-state index contributed by atoms with van der Waals surface area (Å²) in [6.07, 6.45) is 2.04. The lowest BCUT2D eigenvalue weighted by Gasteiger charge is -2.18. The van der Waals surface area contributed by atoms with Gasteiger partial charge in [-0.05, 0) is 31.9 Å². The molecule has 1 aromatic heterocycles. The highest BCUT2D eigenvalue weighted by Gasteiger charge is 2.26. The van der Waals surface area contributed by atoms with Crippen LogP contribution in [0.3, 0.4) is 0 Å². The fourth-order valence-corrected chi connectivity index (χ4v) is 3.59. The summed E-state index contributed by atoms with van der Waals surface area (Å²) in [4.78, 5) is 30.8. The maximum atomic E-state index is 12.8. The third kappa shape index (κ3) is 2.62. The summed E-state index contributed by atoms with van der Waals surface area (Å²) < 4.78 is 0. The molecule has 2 aromatic rings. The van der Waals surface area contributed by atoms with Gasteiger partial charge in [0.15, 0.2) is 0 Å². The first-order chi connectivity index (χ1) is 10.6. The number of carbonyl (C=O) groups excluding carboxylic acids is 2. The summed E-state index contributed by atoms with van der Waals surface area (Å²) in [6.45, 7) is 3.40. The van der Waals surface area contributed by atoms with Crippen molar-refractivity contribution in [3.8, 4) is 10.6 Å². The molecule has 2 amide bonds. The van der Waals surface area contributed by atoms with Gasteiger partial charge in [0.25, 0.3) is 5.91 Å². The summed E-state index contributed by atoms with van der Waals surface area (Å²) >= 11 is 1.42. The number of nitrogens with zero attached hydrogens (tertiary/aromatic N) is 2. The molecule has 0 aliphatic carbocycles. The molecule has 5 nitrogen and oxygen atoms in total. The molecule has 0 bridgehead atoms. The summed E-state index contributed by atoms with van der Waals surface area (Å²) in [5, 5.41) is 2.56. The molecule has 1 aromatic carbocycles. The number of aromatic nitrogens is 1. The monoisotopic (exact) mass is 315 g/mol. The lowest BCUT2D eigenvalue weighted by molar-refractivity contribution is 0.0793. The molecule has 1 aliphatic heterocycles. The first-order valence-corrected chi connectivity index (χ1v) is 8.10. The highest BCUT2D eigenvalue weighted by atomic mass is 32.1. The second kappa shape index (κ2) is 5.88. The third-order valence-electron chi connectivity index (χ3n) is 3.79. The van der Waals surface area contributed by atoms with E-state index >= 15 is 0 Å². The summed E-state index contributed by atoms with van der Waals surface area (Å²) in [6, 6.07) is 5.10. The van der Waals surface area contributed by atoms with E-state index in [2.05, 4.69) is 4.98 Å². The van der Waals surface area contributed by atoms with Crippen LogP contribution in [0.1, 0.15) is 39.3 Å². The molecule has 1 fully saturated rings. The molecule has 22 heavy (non-hydrogen) atoms. The fourth-order valence-electron chi connectivity index (χ4n) is 2.73. The number of hydrogen-bond donors (Lipinski definition) is 1. The Morgan fingerprint density at radius 2 is 1.91 bits per heavy atom. The molecule has 1 saturated heterocycles. The molecule has 2 N–H and O–H groups in total. The lowest BCUT2D eigenvalue weighted by Crippen LogP contribution is -2.28. The van der Waals surface area contributed by atoms with Crippen molar-refractivity contribution < 1.29 is 9.59 Å². The standard InChI is InChI=1S/C16H17N3O2S/c1-10-9-22-15(18-10)13-11(14(17)20)5-4-6-12(13)16(21)19-7-2-3-8-19/h4-6,9H,2-3,7-8H2,1H3,(H2,17,20). The van der Waals surface area contributed by atoms with E-state index < -0.39 is 5.91 Å². The molecular formula is C16H17N3O2S. The van der Waals surface area contributed by atoms with Crippen molar-refractivity contribution in [1.82, 2.24) is 9.88 Å². The maximum absolute atomic E-state index is 12.8. The van der Waals surface area contributed by atoms with E-state index in [4.69, 9.17) is 5.73 Å². The minimum atomic E-state index is -0.543. The Morgan fingerprint density at radius 3 is 2.50 bits per heavy atom. The van der Waals surface area contributed by atoms with E-state index in [0.29, 0.717) is 21.7 Å². The summed E-state index contributed by atoms with van der Waals surface area (Å²) in [5.41, 5.74) is 7.77. The number of nitrogens with two attached hydrogens (primary N) is 1. The second-order valence-electron chi connectivity index (χ2n) is 5.39. The number of likely N-dealkylation sites (tertiary alicyclic amines) is 1. The number of thiazole rings is 1. The van der Waals surface area contributed by atoms with Gasteiger partial charge in [-0.2, -0.15) is 0 Å². The van der Waals surface area contributed by atoms with Crippen molar-refractivity contribution in [3.05, 3.63) is 40.4 Å². The molecule has 3 rings (SSSR count). The van der Waals surface area contributed by atoms with Crippen LogP contribution in [-0.4, -0.2) is 34.8 Å². The number of rotatable bonds is 3. The average molecular weight is 315 g/mol. The van der Waals surface area contributed by atoms with E-state index in [1.807, 2.05) is 17.2 Å². The molecule has 6 heteroatoms. The van der Waals surface area contributed by atoms with Crippen LogP contribution >= 0.6 is 11.3 Å². The number of primary amides is 1. The topological polar surface area (TPSA) is 76.3 Å². The molecule has 0 radical (unpaired) electrons. The van der Waals surface area contributed by atoms with Crippen molar-refractivity contribution in [2.24, 2.45) is 5.73 Å². The summed E-state index contributed by atoms with van der Waals surface area (Å²) in [5.74, 6) is -0.595.